The molecule has 162 valence electrons. The van der Waals surface area contributed by atoms with Crippen LogP contribution in [0.3, 0.4) is 0 Å². The molecule has 0 spiro atoms. The molecule has 3 aromatic rings. The number of amides is 1. The Hall–Kier alpha value is -3.61. The average molecular weight is 422 g/mol. The molecule has 1 amide bonds. The molecule has 0 fully saturated rings. The lowest BCUT2D eigenvalue weighted by atomic mass is 10.1. The minimum atomic E-state index is -0.446. The van der Waals surface area contributed by atoms with Gasteiger partial charge in [-0.15, -0.1) is 0 Å². The van der Waals surface area contributed by atoms with E-state index < -0.39 is 17.8 Å². The highest BCUT2D eigenvalue weighted by atomic mass is 16.5. The van der Waals surface area contributed by atoms with Gasteiger partial charge in [-0.05, 0) is 48.7 Å². The van der Waals surface area contributed by atoms with E-state index in [0.29, 0.717) is 24.3 Å². The smallest absolute Gasteiger partial charge is 0.338 e. The number of fused-ring (bicyclic) bond motifs is 1. The number of aromatic nitrogens is 1. The SMILES string of the molecule is CCCCOC(=O)c1ccc(NC(=O)COC(=O)CCc2c[nH]c3ccccc23)cc1. The normalized spacial score (nSPS) is 10.6. The second kappa shape index (κ2) is 11.0. The van der Waals surface area contributed by atoms with E-state index in [1.807, 2.05) is 37.4 Å². The Bertz CT molecular complexity index is 1040. The topological polar surface area (TPSA) is 97.5 Å². The summed E-state index contributed by atoms with van der Waals surface area (Å²) in [5.41, 5.74) is 2.97. The van der Waals surface area contributed by atoms with Gasteiger partial charge in [-0.2, -0.15) is 0 Å². The molecule has 0 saturated carbocycles. The Morgan fingerprint density at radius 2 is 1.77 bits per heavy atom. The molecule has 2 N–H and O–H groups in total. The van der Waals surface area contributed by atoms with Crippen molar-refractivity contribution < 1.29 is 23.9 Å². The highest BCUT2D eigenvalue weighted by molar-refractivity contribution is 5.94. The maximum atomic E-state index is 12.0. The van der Waals surface area contributed by atoms with E-state index in [1.165, 1.54) is 0 Å². The first-order valence-corrected chi connectivity index (χ1v) is 10.3. The number of para-hydroxylation sites is 1. The number of hydrogen-bond acceptors (Lipinski definition) is 5. The van der Waals surface area contributed by atoms with Crippen molar-refractivity contribution in [3.8, 4) is 0 Å². The molecular formula is C24H26N2O5. The lowest BCUT2D eigenvalue weighted by Crippen LogP contribution is -2.21. The highest BCUT2D eigenvalue weighted by Crippen LogP contribution is 2.19. The number of carbonyl (C=O) groups is 3. The minimum Gasteiger partial charge on any atom is -0.462 e. The molecule has 3 rings (SSSR count). The number of hydrogen-bond donors (Lipinski definition) is 2. The van der Waals surface area contributed by atoms with Crippen molar-refractivity contribution in [2.24, 2.45) is 0 Å². The van der Waals surface area contributed by atoms with Gasteiger partial charge >= 0.3 is 11.9 Å². The molecule has 2 aromatic carbocycles. The van der Waals surface area contributed by atoms with Crippen LogP contribution in [0.25, 0.3) is 10.9 Å². The molecule has 0 atom stereocenters. The van der Waals surface area contributed by atoms with Crippen molar-refractivity contribution in [2.45, 2.75) is 32.6 Å². The second-order valence-corrected chi connectivity index (χ2v) is 7.14. The van der Waals surface area contributed by atoms with Gasteiger partial charge in [0, 0.05) is 29.2 Å². The monoisotopic (exact) mass is 422 g/mol. The summed E-state index contributed by atoms with van der Waals surface area (Å²) in [5.74, 6) is -1.28. The number of anilines is 1. The van der Waals surface area contributed by atoms with Crippen LogP contribution in [-0.4, -0.2) is 36.0 Å². The number of unbranched alkanes of at least 4 members (excludes halogenated alkanes) is 1. The molecule has 1 aromatic heterocycles. The van der Waals surface area contributed by atoms with Gasteiger partial charge in [0.2, 0.25) is 0 Å². The Balaban J connectivity index is 1.40. The molecule has 0 saturated heterocycles. The van der Waals surface area contributed by atoms with Gasteiger partial charge in [-0.3, -0.25) is 9.59 Å². The molecule has 0 aliphatic heterocycles. The van der Waals surface area contributed by atoms with Crippen molar-refractivity contribution in [2.75, 3.05) is 18.5 Å². The largest absolute Gasteiger partial charge is 0.462 e. The number of aromatic amines is 1. The van der Waals surface area contributed by atoms with Gasteiger partial charge < -0.3 is 19.8 Å². The van der Waals surface area contributed by atoms with Crippen LogP contribution in [0.5, 0.6) is 0 Å². The van der Waals surface area contributed by atoms with Crippen LogP contribution in [0.15, 0.2) is 54.7 Å². The lowest BCUT2D eigenvalue weighted by molar-refractivity contribution is -0.147. The minimum absolute atomic E-state index is 0.184. The van der Waals surface area contributed by atoms with E-state index in [0.717, 1.165) is 29.3 Å². The zero-order valence-electron chi connectivity index (χ0n) is 17.5. The van der Waals surface area contributed by atoms with Crippen molar-refractivity contribution in [1.29, 1.82) is 0 Å². The van der Waals surface area contributed by atoms with E-state index in [4.69, 9.17) is 9.47 Å². The van der Waals surface area contributed by atoms with Crippen molar-refractivity contribution in [1.82, 2.24) is 4.98 Å². The first-order valence-electron chi connectivity index (χ1n) is 10.3. The first kappa shape index (κ1) is 22.1. The number of rotatable bonds is 10. The third-order valence-corrected chi connectivity index (χ3v) is 4.77. The summed E-state index contributed by atoms with van der Waals surface area (Å²) in [4.78, 5) is 39.1. The second-order valence-electron chi connectivity index (χ2n) is 7.14. The standard InChI is InChI=1S/C24H26N2O5/c1-2-3-14-30-24(29)17-8-11-19(12-9-17)26-22(27)16-31-23(28)13-10-18-15-25-21-7-5-4-6-20(18)21/h4-9,11-12,15,25H,2-3,10,13-14,16H2,1H3,(H,26,27). The molecule has 0 aliphatic carbocycles. The van der Waals surface area contributed by atoms with Crippen LogP contribution < -0.4 is 5.32 Å². The number of benzene rings is 2. The Labute approximate surface area is 180 Å². The molecule has 0 bridgehead atoms. The molecule has 1 heterocycles. The van der Waals surface area contributed by atoms with Crippen LogP contribution in [0.4, 0.5) is 5.69 Å². The van der Waals surface area contributed by atoms with Gasteiger partial charge in [0.25, 0.3) is 5.91 Å². The zero-order chi connectivity index (χ0) is 22.1. The van der Waals surface area contributed by atoms with Crippen LogP contribution in [0.2, 0.25) is 0 Å². The Morgan fingerprint density at radius 3 is 2.55 bits per heavy atom. The molecular weight excluding hydrogens is 396 g/mol. The van der Waals surface area contributed by atoms with Crippen LogP contribution in [0, 0.1) is 0 Å². The molecule has 31 heavy (non-hydrogen) atoms. The third-order valence-electron chi connectivity index (χ3n) is 4.77. The number of aryl methyl sites for hydroxylation is 1. The van der Waals surface area contributed by atoms with Crippen LogP contribution in [0.1, 0.15) is 42.1 Å². The number of nitrogens with one attached hydrogen (secondary N) is 2. The van der Waals surface area contributed by atoms with E-state index in [9.17, 15) is 14.4 Å². The summed E-state index contributed by atoms with van der Waals surface area (Å²) >= 11 is 0. The van der Waals surface area contributed by atoms with Gasteiger partial charge in [0.1, 0.15) is 0 Å². The molecule has 7 nitrogen and oxygen atoms in total. The van der Waals surface area contributed by atoms with E-state index in [2.05, 4.69) is 10.3 Å². The average Bonchev–Trinajstić information content (AvgIpc) is 3.20. The van der Waals surface area contributed by atoms with Gasteiger partial charge in [0.05, 0.1) is 12.2 Å². The van der Waals surface area contributed by atoms with Crippen LogP contribution >= 0.6 is 0 Å². The fourth-order valence-corrected chi connectivity index (χ4v) is 3.07. The summed E-state index contributed by atoms with van der Waals surface area (Å²) in [6.45, 7) is 2.04. The summed E-state index contributed by atoms with van der Waals surface area (Å²) in [6.07, 6.45) is 4.37. The number of esters is 2. The predicted octanol–water partition coefficient (Wildman–Crippen LogP) is 4.24. The third kappa shape index (κ3) is 6.44. The number of H-pyrrole nitrogens is 1. The van der Waals surface area contributed by atoms with Gasteiger partial charge in [0.15, 0.2) is 6.61 Å². The lowest BCUT2D eigenvalue weighted by Gasteiger charge is -2.08. The van der Waals surface area contributed by atoms with Gasteiger partial charge in [-0.25, -0.2) is 4.79 Å². The quantitative estimate of drug-likeness (QED) is 0.376. The van der Waals surface area contributed by atoms with Crippen molar-refractivity contribution >= 4 is 34.4 Å². The first-order chi connectivity index (χ1) is 15.1. The maximum absolute atomic E-state index is 12.0. The van der Waals surface area contributed by atoms with Gasteiger partial charge in [-0.1, -0.05) is 31.5 Å². The fraction of sp³-hybridized carbons (Fsp3) is 0.292. The maximum Gasteiger partial charge on any atom is 0.338 e. The molecule has 7 heteroatoms. The highest BCUT2D eigenvalue weighted by Gasteiger charge is 2.11. The summed E-state index contributed by atoms with van der Waals surface area (Å²) in [6, 6.07) is 14.2. The summed E-state index contributed by atoms with van der Waals surface area (Å²) < 4.78 is 10.2. The molecule has 0 aliphatic rings. The predicted molar refractivity (Wildman–Crippen MR) is 118 cm³/mol. The van der Waals surface area contributed by atoms with Crippen LogP contribution in [-0.2, 0) is 25.5 Å². The summed E-state index contributed by atoms with van der Waals surface area (Å²) in [5, 5.41) is 3.71. The van der Waals surface area contributed by atoms with Crippen molar-refractivity contribution in [3.05, 3.63) is 65.9 Å². The fourth-order valence-electron chi connectivity index (χ4n) is 3.07. The van der Waals surface area contributed by atoms with E-state index in [-0.39, 0.29) is 13.0 Å². The van der Waals surface area contributed by atoms with Crippen molar-refractivity contribution in [3.63, 3.8) is 0 Å². The Kier molecular flexibility index (Phi) is 7.81. The number of ether oxygens (including phenoxy) is 2. The Morgan fingerprint density at radius 1 is 1.00 bits per heavy atom. The molecule has 0 radical (unpaired) electrons. The zero-order valence-corrected chi connectivity index (χ0v) is 17.5. The summed E-state index contributed by atoms with van der Waals surface area (Å²) in [7, 11) is 0. The number of carbonyl (C=O) groups excluding carboxylic acids is 3. The molecule has 0 unspecified atom stereocenters. The van der Waals surface area contributed by atoms with E-state index in [1.54, 1.807) is 24.3 Å². The van der Waals surface area contributed by atoms with E-state index >= 15 is 0 Å².